The second kappa shape index (κ2) is 8.17. The lowest BCUT2D eigenvalue weighted by atomic mass is 10.5. The number of nitrogens with zero attached hydrogens (tertiary/aromatic N) is 4. The summed E-state index contributed by atoms with van der Waals surface area (Å²) in [4.78, 5) is 7.40. The molecule has 2 unspecified atom stereocenters. The Labute approximate surface area is 123 Å². The predicted octanol–water partition coefficient (Wildman–Crippen LogP) is 1.93. The lowest BCUT2D eigenvalue weighted by Crippen LogP contribution is -2.01. The van der Waals surface area contributed by atoms with Crippen LogP contribution in [0.15, 0.2) is 24.8 Å². The van der Waals surface area contributed by atoms with Crippen molar-refractivity contribution in [1.29, 1.82) is 0 Å². The molecule has 0 aliphatic heterocycles. The molecule has 2 aromatic heterocycles. The molecule has 0 radical (unpaired) electrons. The number of aromatic nitrogens is 6. The summed E-state index contributed by atoms with van der Waals surface area (Å²) < 4.78 is 46.5. The second-order valence-electron chi connectivity index (χ2n) is 3.60. The molecule has 2 N–H and O–H groups in total. The van der Waals surface area contributed by atoms with E-state index >= 15 is 0 Å². The van der Waals surface area contributed by atoms with E-state index in [4.69, 9.17) is 0 Å². The van der Waals surface area contributed by atoms with Crippen LogP contribution in [0.25, 0.3) is 12.2 Å². The van der Waals surface area contributed by atoms with Gasteiger partial charge in [-0.25, -0.2) is 18.7 Å². The Morgan fingerprint density at radius 2 is 1.45 bits per heavy atom. The highest BCUT2D eigenvalue weighted by atomic mass is 31.1. The molecule has 0 fully saturated rings. The summed E-state index contributed by atoms with van der Waals surface area (Å²) in [7, 11) is -2.99. The van der Waals surface area contributed by atoms with Crippen LogP contribution in [-0.4, -0.2) is 43.1 Å². The summed E-state index contributed by atoms with van der Waals surface area (Å²) in [6.45, 7) is 0. The van der Waals surface area contributed by atoms with Crippen molar-refractivity contribution in [2.75, 3.05) is 0 Å². The first kappa shape index (κ1) is 16.0. The minimum absolute atomic E-state index is 0.278. The van der Waals surface area contributed by atoms with Gasteiger partial charge < -0.3 is 0 Å². The molecular weight excluding hydrogens is 321 g/mol. The zero-order valence-corrected chi connectivity index (χ0v) is 11.7. The number of aromatic amines is 2. The molecule has 0 saturated heterocycles. The first-order valence-electron chi connectivity index (χ1n) is 5.79. The largest absolute Gasteiger partial charge is 0.704 e. The van der Waals surface area contributed by atoms with Gasteiger partial charge in [-0.15, -0.1) is 0 Å². The van der Waals surface area contributed by atoms with E-state index in [-0.39, 0.29) is 11.6 Å². The highest BCUT2D eigenvalue weighted by molar-refractivity contribution is 7.33. The van der Waals surface area contributed by atoms with Gasteiger partial charge in [-0.05, 0) is 24.3 Å². The van der Waals surface area contributed by atoms with Crippen molar-refractivity contribution < 1.29 is 22.4 Å². The maximum atomic E-state index is 13.3. The molecule has 0 aliphatic rings. The van der Waals surface area contributed by atoms with Gasteiger partial charge in [0.1, 0.15) is 24.3 Å². The molecular formula is C10H10F2N6O3P+. The third-order valence-corrected chi connectivity index (χ3v) is 2.80. The predicted molar refractivity (Wildman–Crippen MR) is 70.4 cm³/mol. The quantitative estimate of drug-likeness (QED) is 0.709. The highest BCUT2D eigenvalue weighted by Crippen LogP contribution is 2.30. The third-order valence-electron chi connectivity index (χ3n) is 2.05. The van der Waals surface area contributed by atoms with Crippen LogP contribution >= 0.6 is 8.25 Å². The van der Waals surface area contributed by atoms with Gasteiger partial charge in [0.25, 0.3) is 12.7 Å². The Balaban J connectivity index is 1.74. The number of hydrogen-bond acceptors (Lipinski definition) is 7. The lowest BCUT2D eigenvalue weighted by molar-refractivity contribution is 0.0566. The van der Waals surface area contributed by atoms with Crippen LogP contribution in [0.1, 0.15) is 11.6 Å². The SMILES string of the molecule is O=[P+](OC(F)/C=C/c1ncn[nH]1)OC(F)/C=C/c1ncn[nH]1. The van der Waals surface area contributed by atoms with Crippen LogP contribution in [0.3, 0.4) is 0 Å². The fourth-order valence-electron chi connectivity index (χ4n) is 1.18. The van der Waals surface area contributed by atoms with Crippen molar-refractivity contribution in [3.05, 3.63) is 36.5 Å². The molecule has 0 saturated carbocycles. The minimum Gasteiger partial charge on any atom is -0.260 e. The topological polar surface area (TPSA) is 119 Å². The molecule has 0 spiro atoms. The summed E-state index contributed by atoms with van der Waals surface area (Å²) in [5.41, 5.74) is 0. The van der Waals surface area contributed by atoms with Gasteiger partial charge in [0.2, 0.25) is 0 Å². The molecule has 12 heteroatoms. The summed E-state index contributed by atoms with van der Waals surface area (Å²) >= 11 is 0. The van der Waals surface area contributed by atoms with E-state index in [9.17, 15) is 13.3 Å². The molecule has 2 heterocycles. The van der Waals surface area contributed by atoms with Crippen molar-refractivity contribution in [2.45, 2.75) is 12.7 Å². The number of alkyl halides is 2. The number of hydrogen-bond donors (Lipinski definition) is 2. The van der Waals surface area contributed by atoms with Gasteiger partial charge >= 0.3 is 8.25 Å². The Morgan fingerprint density at radius 1 is 1.00 bits per heavy atom. The Bertz CT molecular complexity index is 579. The number of nitrogens with one attached hydrogen (secondary N) is 2. The second-order valence-corrected chi connectivity index (χ2v) is 4.47. The van der Waals surface area contributed by atoms with Crippen LogP contribution < -0.4 is 0 Å². The molecule has 2 atom stereocenters. The third kappa shape index (κ3) is 5.56. The van der Waals surface area contributed by atoms with Crippen LogP contribution in [0.2, 0.25) is 0 Å². The summed E-state index contributed by atoms with van der Waals surface area (Å²) in [5, 5.41) is 12.0. The molecule has 116 valence electrons. The Kier molecular flexibility index (Phi) is 5.95. The Morgan fingerprint density at radius 3 is 1.82 bits per heavy atom. The molecule has 0 aromatic carbocycles. The number of H-pyrrole nitrogens is 2. The molecule has 2 aromatic rings. The average Bonchev–Trinajstić information content (AvgIpc) is 3.16. The smallest absolute Gasteiger partial charge is 0.260 e. The van der Waals surface area contributed by atoms with E-state index in [1.807, 2.05) is 0 Å². The molecule has 0 amide bonds. The van der Waals surface area contributed by atoms with Gasteiger partial charge in [0.05, 0.1) is 0 Å². The maximum absolute atomic E-state index is 13.3. The van der Waals surface area contributed by atoms with E-state index < -0.39 is 21.0 Å². The van der Waals surface area contributed by atoms with E-state index in [1.165, 1.54) is 24.8 Å². The van der Waals surface area contributed by atoms with Crippen LogP contribution in [-0.2, 0) is 13.6 Å². The van der Waals surface area contributed by atoms with Crippen LogP contribution in [0.5, 0.6) is 0 Å². The molecule has 9 nitrogen and oxygen atoms in total. The van der Waals surface area contributed by atoms with Crippen LogP contribution in [0, 0.1) is 0 Å². The van der Waals surface area contributed by atoms with Gasteiger partial charge in [-0.1, -0.05) is 9.05 Å². The Hall–Kier alpha value is -2.36. The summed E-state index contributed by atoms with van der Waals surface area (Å²) in [6.07, 6.45) is 2.61. The van der Waals surface area contributed by atoms with Crippen LogP contribution in [0.4, 0.5) is 8.78 Å². The van der Waals surface area contributed by atoms with E-state index in [2.05, 4.69) is 39.4 Å². The minimum atomic E-state index is -2.99. The highest BCUT2D eigenvalue weighted by Gasteiger charge is 2.29. The molecule has 22 heavy (non-hydrogen) atoms. The summed E-state index contributed by atoms with van der Waals surface area (Å²) in [6, 6.07) is 0. The zero-order chi connectivity index (χ0) is 15.8. The van der Waals surface area contributed by atoms with Crippen molar-refractivity contribution >= 4 is 20.4 Å². The van der Waals surface area contributed by atoms with Gasteiger partial charge in [0.15, 0.2) is 0 Å². The van der Waals surface area contributed by atoms with E-state index in [0.717, 1.165) is 12.2 Å². The fourth-order valence-corrected chi connectivity index (χ4v) is 1.70. The molecule has 0 bridgehead atoms. The fraction of sp³-hybridized carbons (Fsp3) is 0.200. The normalized spacial score (nSPS) is 15.5. The van der Waals surface area contributed by atoms with Gasteiger partial charge in [0, 0.05) is 4.57 Å². The number of rotatable bonds is 8. The first-order chi connectivity index (χ1) is 10.6. The maximum Gasteiger partial charge on any atom is 0.704 e. The zero-order valence-electron chi connectivity index (χ0n) is 10.8. The van der Waals surface area contributed by atoms with E-state index in [0.29, 0.717) is 0 Å². The van der Waals surface area contributed by atoms with E-state index in [1.54, 1.807) is 0 Å². The molecule has 2 rings (SSSR count). The van der Waals surface area contributed by atoms with Gasteiger partial charge in [-0.3, -0.25) is 10.2 Å². The van der Waals surface area contributed by atoms with Crippen molar-refractivity contribution in [1.82, 2.24) is 30.4 Å². The number of halogens is 2. The lowest BCUT2D eigenvalue weighted by Gasteiger charge is -1.95. The monoisotopic (exact) mass is 331 g/mol. The summed E-state index contributed by atoms with van der Waals surface area (Å²) in [5.74, 6) is 0.557. The van der Waals surface area contributed by atoms with Gasteiger partial charge in [-0.2, -0.15) is 10.2 Å². The standard InChI is InChI=1S/C10H10F2N6O3P/c11-7(1-3-9-13-5-15-17-9)20-22(19)21-8(12)2-4-10-14-6-16-18-10/h1-8H,(H,13,15,17)(H,14,16,18)/q+1/b3-1+,4-2+. The van der Waals surface area contributed by atoms with Crippen molar-refractivity contribution in [3.63, 3.8) is 0 Å². The average molecular weight is 331 g/mol. The van der Waals surface area contributed by atoms with Crippen molar-refractivity contribution in [3.8, 4) is 0 Å². The first-order valence-corrected chi connectivity index (χ1v) is 6.89. The molecule has 0 aliphatic carbocycles. The van der Waals surface area contributed by atoms with Crippen molar-refractivity contribution in [2.24, 2.45) is 0 Å².